The van der Waals surface area contributed by atoms with Gasteiger partial charge in [-0.1, -0.05) is 19.9 Å². The number of amides is 1. The predicted octanol–water partition coefficient (Wildman–Crippen LogP) is 5.09. The minimum atomic E-state index is -0.358. The molecule has 2 atom stereocenters. The first-order chi connectivity index (χ1) is 18.7. The molecule has 3 aliphatic rings. The van der Waals surface area contributed by atoms with Crippen LogP contribution in [0.1, 0.15) is 58.9 Å². The fourth-order valence-electron chi connectivity index (χ4n) is 6.71. The minimum absolute atomic E-state index is 0.0907. The molecule has 1 saturated heterocycles. The number of hydrogen-bond acceptors (Lipinski definition) is 6. The quantitative estimate of drug-likeness (QED) is 0.329. The number of likely N-dealkylation sites (tertiary alicyclic amines) is 1. The van der Waals surface area contributed by atoms with Gasteiger partial charge in [0.25, 0.3) is 0 Å². The lowest BCUT2D eigenvalue weighted by molar-refractivity contribution is -0.566. The minimum Gasteiger partial charge on any atom is -0.497 e. The zero-order valence-corrected chi connectivity index (χ0v) is 24.1. The molecule has 1 saturated carbocycles. The van der Waals surface area contributed by atoms with Crippen molar-refractivity contribution in [3.05, 3.63) is 48.0 Å². The highest BCUT2D eigenvalue weighted by molar-refractivity contribution is 5.73. The van der Waals surface area contributed by atoms with Crippen LogP contribution in [-0.4, -0.2) is 73.7 Å². The van der Waals surface area contributed by atoms with Crippen LogP contribution in [0.3, 0.4) is 0 Å². The Morgan fingerprint density at radius 2 is 1.72 bits per heavy atom. The van der Waals surface area contributed by atoms with Crippen LogP contribution in [0.2, 0.25) is 0 Å². The highest BCUT2D eigenvalue weighted by atomic mass is 16.6. The number of carbonyl (C=O) groups excluding carboxylic acids is 1. The molecule has 2 unspecified atom stereocenters. The Balaban J connectivity index is 1.40. The largest absolute Gasteiger partial charge is 0.497 e. The van der Waals surface area contributed by atoms with Crippen molar-refractivity contribution in [3.8, 4) is 23.0 Å². The molecular formula is C32H43N2O5+. The van der Waals surface area contributed by atoms with Crippen molar-refractivity contribution in [2.24, 2.45) is 5.41 Å². The van der Waals surface area contributed by atoms with E-state index in [4.69, 9.17) is 18.9 Å². The Morgan fingerprint density at radius 1 is 1.00 bits per heavy atom. The molecule has 0 bridgehead atoms. The van der Waals surface area contributed by atoms with E-state index >= 15 is 0 Å². The second-order valence-electron chi connectivity index (χ2n) is 12.1. The average molecular weight is 536 g/mol. The Morgan fingerprint density at radius 3 is 2.33 bits per heavy atom. The van der Waals surface area contributed by atoms with E-state index in [9.17, 15) is 4.79 Å². The molecule has 7 nitrogen and oxygen atoms in total. The van der Waals surface area contributed by atoms with Crippen LogP contribution in [-0.2, 0) is 10.2 Å². The van der Waals surface area contributed by atoms with E-state index in [1.54, 1.807) is 7.11 Å². The second kappa shape index (κ2) is 10.8. The summed E-state index contributed by atoms with van der Waals surface area (Å²) in [4.78, 5) is 16.5. The molecule has 5 rings (SSSR count). The Hall–Kier alpha value is -3.06. The van der Waals surface area contributed by atoms with Crippen LogP contribution in [0.15, 0.2) is 42.5 Å². The van der Waals surface area contributed by atoms with Gasteiger partial charge in [0, 0.05) is 19.9 Å². The third kappa shape index (κ3) is 5.25. The van der Waals surface area contributed by atoms with Crippen molar-refractivity contribution in [1.29, 1.82) is 0 Å². The number of hydrogen-bond donors (Lipinski definition) is 0. The van der Waals surface area contributed by atoms with Crippen molar-refractivity contribution >= 4 is 12.1 Å². The van der Waals surface area contributed by atoms with Gasteiger partial charge in [-0.25, -0.2) is 4.79 Å². The second-order valence-corrected chi connectivity index (χ2v) is 12.1. The molecule has 0 spiro atoms. The van der Waals surface area contributed by atoms with Crippen LogP contribution < -0.4 is 18.9 Å². The van der Waals surface area contributed by atoms with Gasteiger partial charge < -0.3 is 18.9 Å². The number of nitrogens with zero attached hydrogens (tertiary/aromatic N) is 2. The molecule has 0 radical (unpaired) electrons. The van der Waals surface area contributed by atoms with Crippen molar-refractivity contribution in [2.75, 3.05) is 46.6 Å². The van der Waals surface area contributed by atoms with Gasteiger partial charge in [0.1, 0.15) is 44.0 Å². The molecule has 2 aromatic rings. The van der Waals surface area contributed by atoms with Crippen LogP contribution in [0.25, 0.3) is 0 Å². The summed E-state index contributed by atoms with van der Waals surface area (Å²) in [6, 6.07) is 13.8. The standard InChI is InChI=1S/C32H43N2O5/c1-6-34(29(35)13-18-37-26-10-8-25(36-5)9-11-26)32(23-33-17-16-30(2,3)22-33)15-14-31(32,4)24-7-12-27-28(21-24)39-20-19-38-27/h6-12,21H,13-20,22-23H2,1-5H3/q+1. The van der Waals surface area contributed by atoms with E-state index in [2.05, 4.69) is 37.8 Å². The third-order valence-electron chi connectivity index (χ3n) is 9.12. The van der Waals surface area contributed by atoms with Crippen molar-refractivity contribution in [1.82, 2.24) is 4.90 Å². The topological polar surface area (TPSA) is 60.2 Å². The van der Waals surface area contributed by atoms with Crippen LogP contribution in [0.4, 0.5) is 0 Å². The van der Waals surface area contributed by atoms with Crippen LogP contribution in [0.5, 0.6) is 23.0 Å². The maximum atomic E-state index is 13.9. The summed E-state index contributed by atoms with van der Waals surface area (Å²) in [6.45, 7) is 13.4. The first kappa shape index (κ1) is 27.5. The molecule has 2 aliphatic heterocycles. The maximum Gasteiger partial charge on any atom is 0.390 e. The van der Waals surface area contributed by atoms with Gasteiger partial charge in [-0.15, -0.1) is 0 Å². The monoisotopic (exact) mass is 535 g/mol. The van der Waals surface area contributed by atoms with Gasteiger partial charge in [-0.3, -0.25) is 4.90 Å². The van der Waals surface area contributed by atoms with Gasteiger partial charge >= 0.3 is 5.91 Å². The smallest absolute Gasteiger partial charge is 0.390 e. The fraction of sp³-hybridized carbons (Fsp3) is 0.562. The summed E-state index contributed by atoms with van der Waals surface area (Å²) in [5.74, 6) is 3.20. The summed E-state index contributed by atoms with van der Waals surface area (Å²) >= 11 is 0. The lowest BCUT2D eigenvalue weighted by Gasteiger charge is -2.55. The van der Waals surface area contributed by atoms with Gasteiger partial charge in [0.2, 0.25) is 0 Å². The summed E-state index contributed by atoms with van der Waals surface area (Å²) in [7, 11) is 1.64. The number of rotatable bonds is 9. The number of carbonyl (C=O) groups is 1. The molecular weight excluding hydrogens is 492 g/mol. The summed E-state index contributed by atoms with van der Waals surface area (Å²) < 4.78 is 25.0. The first-order valence-corrected chi connectivity index (χ1v) is 14.2. The molecule has 1 aliphatic carbocycles. The molecule has 2 fully saturated rings. The number of methoxy groups -OCH3 is 1. The summed E-state index contributed by atoms with van der Waals surface area (Å²) in [5, 5.41) is 0. The zero-order chi connectivity index (χ0) is 27.7. The van der Waals surface area contributed by atoms with Gasteiger partial charge in [-0.2, -0.15) is 4.58 Å². The van der Waals surface area contributed by atoms with E-state index in [1.165, 1.54) is 12.0 Å². The molecule has 2 heterocycles. The lowest BCUT2D eigenvalue weighted by Crippen LogP contribution is -2.70. The molecule has 0 aromatic heterocycles. The average Bonchev–Trinajstić information content (AvgIpc) is 3.29. The van der Waals surface area contributed by atoms with Crippen molar-refractivity contribution in [2.45, 2.75) is 64.3 Å². The van der Waals surface area contributed by atoms with Crippen molar-refractivity contribution < 1.29 is 28.3 Å². The highest BCUT2D eigenvalue weighted by Gasteiger charge is 2.67. The predicted molar refractivity (Wildman–Crippen MR) is 152 cm³/mol. The van der Waals surface area contributed by atoms with Gasteiger partial charge in [0.15, 0.2) is 17.0 Å². The molecule has 7 heteroatoms. The normalized spacial score (nSPS) is 26.1. The highest BCUT2D eigenvalue weighted by Crippen LogP contribution is 2.55. The lowest BCUT2D eigenvalue weighted by atomic mass is 9.51. The summed E-state index contributed by atoms with van der Waals surface area (Å²) in [6.07, 6.45) is 5.42. The maximum absolute atomic E-state index is 13.9. The molecule has 1 amide bonds. The Bertz CT molecular complexity index is 1220. The van der Waals surface area contributed by atoms with E-state index in [0.29, 0.717) is 26.2 Å². The number of ether oxygens (including phenoxy) is 4. The molecule has 210 valence electrons. The molecule has 39 heavy (non-hydrogen) atoms. The fourth-order valence-corrected chi connectivity index (χ4v) is 6.71. The van der Waals surface area contributed by atoms with E-state index in [0.717, 1.165) is 55.5 Å². The van der Waals surface area contributed by atoms with E-state index in [-0.39, 0.29) is 22.3 Å². The zero-order valence-electron chi connectivity index (χ0n) is 24.1. The SMILES string of the molecule is CC=[N+](C(=O)CCOc1ccc(OC)cc1)C1(CN2CCC(C)(C)C2)CCC1(C)c1ccc2c(c1)OCCO2. The number of fused-ring (bicyclic) bond motifs is 1. The van der Waals surface area contributed by atoms with Gasteiger partial charge in [-0.05, 0) is 73.7 Å². The summed E-state index contributed by atoms with van der Waals surface area (Å²) in [5.41, 5.74) is 0.901. The Labute approximate surface area is 232 Å². The van der Waals surface area contributed by atoms with E-state index in [1.807, 2.05) is 48.0 Å². The Kier molecular flexibility index (Phi) is 7.64. The first-order valence-electron chi connectivity index (χ1n) is 14.2. The number of benzene rings is 2. The van der Waals surface area contributed by atoms with Crippen molar-refractivity contribution in [3.63, 3.8) is 0 Å². The molecule has 2 aromatic carbocycles. The van der Waals surface area contributed by atoms with Gasteiger partial charge in [0.05, 0.1) is 19.1 Å². The molecule has 0 N–H and O–H groups in total. The third-order valence-corrected chi connectivity index (χ3v) is 9.12. The van der Waals surface area contributed by atoms with Crippen LogP contribution in [0, 0.1) is 5.41 Å². The van der Waals surface area contributed by atoms with Crippen LogP contribution >= 0.6 is 0 Å². The van der Waals surface area contributed by atoms with E-state index < -0.39 is 0 Å².